The highest BCUT2D eigenvalue weighted by Gasteiger charge is 2.35. The highest BCUT2D eigenvalue weighted by Crippen LogP contribution is 2.41. The zero-order valence-corrected chi connectivity index (χ0v) is 13.5. The predicted octanol–water partition coefficient (Wildman–Crippen LogP) is 3.67. The lowest BCUT2D eigenvalue weighted by molar-refractivity contribution is 0.711. The zero-order chi connectivity index (χ0) is 14.4. The van der Waals surface area contributed by atoms with Gasteiger partial charge >= 0.3 is 0 Å². The summed E-state index contributed by atoms with van der Waals surface area (Å²) in [6, 6.07) is 3.01. The van der Waals surface area contributed by atoms with Gasteiger partial charge in [0.1, 0.15) is 10.6 Å². The van der Waals surface area contributed by atoms with Gasteiger partial charge in [-0.05, 0) is 44.1 Å². The molecule has 4 nitrogen and oxygen atoms in total. The normalized spacial score (nSPS) is 18.2. The number of hydrogen-bond donors (Lipinski definition) is 1. The van der Waals surface area contributed by atoms with E-state index in [9.17, 15) is 0 Å². The minimum atomic E-state index is 0.707. The summed E-state index contributed by atoms with van der Waals surface area (Å²) in [5.74, 6) is 2.80. The van der Waals surface area contributed by atoms with Crippen molar-refractivity contribution in [3.8, 4) is 0 Å². The lowest BCUT2D eigenvalue weighted by atomic mass is 10.2. The molecule has 4 rings (SSSR count). The molecule has 0 unspecified atom stereocenters. The van der Waals surface area contributed by atoms with Crippen molar-refractivity contribution in [2.75, 3.05) is 23.8 Å². The summed E-state index contributed by atoms with van der Waals surface area (Å²) in [4.78, 5) is 14.6. The van der Waals surface area contributed by atoms with E-state index in [0.717, 1.165) is 28.9 Å². The second-order valence-corrected chi connectivity index (χ2v) is 7.35. The van der Waals surface area contributed by atoms with Gasteiger partial charge in [0.2, 0.25) is 5.95 Å². The van der Waals surface area contributed by atoms with Crippen molar-refractivity contribution < 1.29 is 0 Å². The fourth-order valence-corrected chi connectivity index (χ4v) is 3.80. The van der Waals surface area contributed by atoms with E-state index in [1.807, 2.05) is 18.4 Å². The van der Waals surface area contributed by atoms with Crippen LogP contribution in [0.2, 0.25) is 0 Å². The van der Waals surface area contributed by atoms with Gasteiger partial charge in [-0.25, -0.2) is 4.98 Å². The van der Waals surface area contributed by atoms with Gasteiger partial charge in [-0.2, -0.15) is 4.98 Å². The van der Waals surface area contributed by atoms with E-state index < -0.39 is 0 Å². The number of aryl methyl sites for hydroxylation is 1. The Hall–Kier alpha value is -1.36. The highest BCUT2D eigenvalue weighted by molar-refractivity contribution is 7.18. The first-order chi connectivity index (χ1) is 10.3. The molecule has 112 valence electrons. The van der Waals surface area contributed by atoms with Gasteiger partial charge < -0.3 is 10.2 Å². The molecule has 2 heterocycles. The molecule has 2 fully saturated rings. The van der Waals surface area contributed by atoms with Crippen LogP contribution in [-0.2, 0) is 6.42 Å². The van der Waals surface area contributed by atoms with Crippen LogP contribution in [0.25, 0.3) is 10.2 Å². The Kier molecular flexibility index (Phi) is 3.25. The van der Waals surface area contributed by atoms with Crippen LogP contribution >= 0.6 is 11.3 Å². The first kappa shape index (κ1) is 13.3. The van der Waals surface area contributed by atoms with E-state index in [1.165, 1.54) is 42.5 Å². The van der Waals surface area contributed by atoms with Crippen LogP contribution in [0.3, 0.4) is 0 Å². The SMILES string of the molecule is CCc1cc2c(N(CC3CC3)C3CC3)nc(NC)nc2s1. The van der Waals surface area contributed by atoms with Crippen molar-refractivity contribution in [3.05, 3.63) is 10.9 Å². The molecule has 0 bridgehead atoms. The van der Waals surface area contributed by atoms with Crippen LogP contribution in [-0.4, -0.2) is 29.6 Å². The summed E-state index contributed by atoms with van der Waals surface area (Å²) < 4.78 is 0. The minimum absolute atomic E-state index is 0.707. The molecule has 0 aliphatic heterocycles. The van der Waals surface area contributed by atoms with E-state index in [2.05, 4.69) is 28.2 Å². The van der Waals surface area contributed by atoms with Crippen molar-refractivity contribution >= 4 is 33.3 Å². The summed E-state index contributed by atoms with van der Waals surface area (Å²) in [6.07, 6.45) is 6.48. The van der Waals surface area contributed by atoms with Crippen LogP contribution in [0.4, 0.5) is 11.8 Å². The van der Waals surface area contributed by atoms with Gasteiger partial charge in [0, 0.05) is 24.5 Å². The molecule has 0 aromatic carbocycles. The minimum Gasteiger partial charge on any atom is -0.357 e. The number of thiophene rings is 1. The average Bonchev–Trinajstić information content (AvgIpc) is 3.41. The summed E-state index contributed by atoms with van der Waals surface area (Å²) in [7, 11) is 1.90. The number of hydrogen-bond acceptors (Lipinski definition) is 5. The van der Waals surface area contributed by atoms with Crippen LogP contribution in [0, 0.1) is 5.92 Å². The van der Waals surface area contributed by atoms with Crippen LogP contribution in [0.1, 0.15) is 37.5 Å². The lowest BCUT2D eigenvalue weighted by Crippen LogP contribution is -2.29. The van der Waals surface area contributed by atoms with Crippen molar-refractivity contribution in [1.29, 1.82) is 0 Å². The number of rotatable bonds is 6. The molecule has 2 aliphatic carbocycles. The van der Waals surface area contributed by atoms with Gasteiger partial charge in [-0.15, -0.1) is 11.3 Å². The molecule has 2 saturated carbocycles. The van der Waals surface area contributed by atoms with Crippen molar-refractivity contribution in [3.63, 3.8) is 0 Å². The van der Waals surface area contributed by atoms with Gasteiger partial charge in [0.05, 0.1) is 5.39 Å². The lowest BCUT2D eigenvalue weighted by Gasteiger charge is -2.24. The first-order valence-corrected chi connectivity index (χ1v) is 8.85. The second-order valence-electron chi connectivity index (χ2n) is 6.23. The van der Waals surface area contributed by atoms with Crippen LogP contribution in [0.5, 0.6) is 0 Å². The Labute approximate surface area is 129 Å². The van der Waals surface area contributed by atoms with Gasteiger partial charge in [0.25, 0.3) is 0 Å². The molecule has 2 aliphatic rings. The third kappa shape index (κ3) is 2.59. The summed E-state index contributed by atoms with van der Waals surface area (Å²) in [6.45, 7) is 3.39. The highest BCUT2D eigenvalue weighted by atomic mass is 32.1. The zero-order valence-electron chi connectivity index (χ0n) is 12.7. The number of anilines is 2. The molecule has 5 heteroatoms. The Morgan fingerprint density at radius 3 is 2.71 bits per heavy atom. The number of aromatic nitrogens is 2. The maximum atomic E-state index is 4.82. The molecule has 0 spiro atoms. The Morgan fingerprint density at radius 2 is 2.10 bits per heavy atom. The Balaban J connectivity index is 1.81. The van der Waals surface area contributed by atoms with Gasteiger partial charge in [-0.3, -0.25) is 0 Å². The van der Waals surface area contributed by atoms with Crippen molar-refractivity contribution in [1.82, 2.24) is 9.97 Å². The third-order valence-corrected chi connectivity index (χ3v) is 5.58. The van der Waals surface area contributed by atoms with E-state index in [1.54, 1.807) is 0 Å². The summed E-state index contributed by atoms with van der Waals surface area (Å²) >= 11 is 1.81. The average molecular weight is 302 g/mol. The standard InChI is InChI=1S/C16H22N4S/c1-3-12-8-13-14(18-16(17-2)19-15(13)21-12)20(11-6-7-11)9-10-4-5-10/h8,10-11H,3-7,9H2,1-2H3,(H,17,18,19). The molecule has 0 radical (unpaired) electrons. The van der Waals surface area contributed by atoms with E-state index in [0.29, 0.717) is 6.04 Å². The maximum absolute atomic E-state index is 4.82. The van der Waals surface area contributed by atoms with E-state index >= 15 is 0 Å². The predicted molar refractivity (Wildman–Crippen MR) is 89.4 cm³/mol. The number of nitrogens with zero attached hydrogens (tertiary/aromatic N) is 3. The third-order valence-electron chi connectivity index (χ3n) is 4.41. The second kappa shape index (κ2) is 5.13. The summed E-state index contributed by atoms with van der Waals surface area (Å²) in [5, 5.41) is 4.38. The maximum Gasteiger partial charge on any atom is 0.225 e. The summed E-state index contributed by atoms with van der Waals surface area (Å²) in [5.41, 5.74) is 0. The monoisotopic (exact) mass is 302 g/mol. The molecule has 0 amide bonds. The fraction of sp³-hybridized carbons (Fsp3) is 0.625. The smallest absolute Gasteiger partial charge is 0.225 e. The molecule has 21 heavy (non-hydrogen) atoms. The van der Waals surface area contributed by atoms with E-state index in [-0.39, 0.29) is 0 Å². The van der Waals surface area contributed by atoms with Crippen molar-refractivity contribution in [2.24, 2.45) is 5.92 Å². The molecule has 2 aromatic rings. The van der Waals surface area contributed by atoms with Crippen molar-refractivity contribution in [2.45, 2.75) is 45.1 Å². The quantitative estimate of drug-likeness (QED) is 0.884. The topological polar surface area (TPSA) is 41.1 Å². The van der Waals surface area contributed by atoms with Gasteiger partial charge in [0.15, 0.2) is 0 Å². The number of fused-ring (bicyclic) bond motifs is 1. The Bertz CT molecular complexity index is 658. The molecular weight excluding hydrogens is 280 g/mol. The molecule has 1 N–H and O–H groups in total. The van der Waals surface area contributed by atoms with Crippen LogP contribution in [0.15, 0.2) is 6.07 Å². The molecule has 0 saturated heterocycles. The molecule has 0 atom stereocenters. The molecular formula is C16H22N4S. The van der Waals surface area contributed by atoms with E-state index in [4.69, 9.17) is 4.98 Å². The first-order valence-electron chi connectivity index (χ1n) is 8.03. The number of nitrogens with one attached hydrogen (secondary N) is 1. The van der Waals surface area contributed by atoms with Crippen LogP contribution < -0.4 is 10.2 Å². The van der Waals surface area contributed by atoms with Gasteiger partial charge in [-0.1, -0.05) is 6.92 Å². The molecule has 2 aromatic heterocycles. The fourth-order valence-electron chi connectivity index (χ4n) is 2.83. The largest absolute Gasteiger partial charge is 0.357 e. The Morgan fingerprint density at radius 1 is 1.29 bits per heavy atom.